The van der Waals surface area contributed by atoms with Gasteiger partial charge in [-0.2, -0.15) is 0 Å². The van der Waals surface area contributed by atoms with Crippen LogP contribution in [0.1, 0.15) is 47.3 Å². The number of rotatable bonds is 5. The molecule has 7 heteroatoms. The number of nitrogens with one attached hydrogen (secondary N) is 1. The van der Waals surface area contributed by atoms with Crippen LogP contribution >= 0.6 is 0 Å². The van der Waals surface area contributed by atoms with Gasteiger partial charge in [-0.05, 0) is 61.6 Å². The van der Waals surface area contributed by atoms with E-state index in [-0.39, 0.29) is 22.4 Å². The average Bonchev–Trinajstić information content (AvgIpc) is 2.67. The molecule has 1 aliphatic rings. The number of hydrogen-bond acceptors (Lipinski definition) is 5. The molecule has 0 aromatic heterocycles. The van der Waals surface area contributed by atoms with E-state index in [2.05, 4.69) is 11.4 Å². The molecule has 0 heterocycles. The fourth-order valence-electron chi connectivity index (χ4n) is 3.31. The number of carbonyl (C=O) groups excluding carboxylic acids is 2. The van der Waals surface area contributed by atoms with Crippen molar-refractivity contribution in [2.24, 2.45) is 0 Å². The Labute approximate surface area is 164 Å². The van der Waals surface area contributed by atoms with E-state index in [0.29, 0.717) is 0 Å². The monoisotopic (exact) mass is 401 g/mol. The van der Waals surface area contributed by atoms with Gasteiger partial charge in [0.25, 0.3) is 5.91 Å². The van der Waals surface area contributed by atoms with E-state index in [9.17, 15) is 18.0 Å². The lowest BCUT2D eigenvalue weighted by Crippen LogP contribution is -2.39. The molecule has 0 spiro atoms. The Balaban J connectivity index is 1.62. The Bertz CT molecular complexity index is 982. The largest absolute Gasteiger partial charge is 0.449 e. The van der Waals surface area contributed by atoms with Crippen molar-refractivity contribution in [2.75, 3.05) is 6.26 Å². The van der Waals surface area contributed by atoms with Crippen molar-refractivity contribution in [1.82, 2.24) is 5.32 Å². The summed E-state index contributed by atoms with van der Waals surface area (Å²) in [5, 5.41) is 2.97. The highest BCUT2D eigenvalue weighted by atomic mass is 32.2. The number of ether oxygens (including phenoxy) is 1. The Kier molecular flexibility index (Phi) is 5.84. The summed E-state index contributed by atoms with van der Waals surface area (Å²) in [4.78, 5) is 24.9. The molecule has 148 valence electrons. The van der Waals surface area contributed by atoms with Crippen LogP contribution in [0.15, 0.2) is 53.4 Å². The van der Waals surface area contributed by atoms with Gasteiger partial charge in [-0.15, -0.1) is 0 Å². The first-order valence-electron chi connectivity index (χ1n) is 9.15. The van der Waals surface area contributed by atoms with Crippen LogP contribution in [0.4, 0.5) is 0 Å². The minimum atomic E-state index is -3.34. The van der Waals surface area contributed by atoms with Crippen LogP contribution in [0.3, 0.4) is 0 Å². The van der Waals surface area contributed by atoms with Gasteiger partial charge < -0.3 is 10.1 Å². The molecule has 1 aliphatic carbocycles. The lowest BCUT2D eigenvalue weighted by atomic mass is 9.87. The normalized spacial score (nSPS) is 17.3. The van der Waals surface area contributed by atoms with Gasteiger partial charge in [-0.3, -0.25) is 4.79 Å². The molecule has 2 aromatic rings. The van der Waals surface area contributed by atoms with E-state index in [1.165, 1.54) is 36.8 Å². The smallest absolute Gasteiger partial charge is 0.338 e. The molecule has 0 unspecified atom stereocenters. The van der Waals surface area contributed by atoms with Gasteiger partial charge in [0.1, 0.15) is 0 Å². The van der Waals surface area contributed by atoms with Gasteiger partial charge in [-0.1, -0.05) is 24.3 Å². The van der Waals surface area contributed by atoms with Crippen LogP contribution in [0.2, 0.25) is 0 Å². The highest BCUT2D eigenvalue weighted by Crippen LogP contribution is 2.29. The minimum Gasteiger partial charge on any atom is -0.449 e. The van der Waals surface area contributed by atoms with Crippen molar-refractivity contribution in [3.05, 3.63) is 65.2 Å². The first-order valence-corrected chi connectivity index (χ1v) is 11.0. The molecule has 1 N–H and O–H groups in total. The summed E-state index contributed by atoms with van der Waals surface area (Å²) in [6.45, 7) is 1.52. The third-order valence-electron chi connectivity index (χ3n) is 4.86. The minimum absolute atomic E-state index is 0.0901. The van der Waals surface area contributed by atoms with Crippen molar-refractivity contribution in [3.63, 3.8) is 0 Å². The Hall–Kier alpha value is -2.67. The van der Waals surface area contributed by atoms with Crippen molar-refractivity contribution >= 4 is 21.7 Å². The Morgan fingerprint density at radius 1 is 1.11 bits per heavy atom. The second kappa shape index (κ2) is 8.14. The van der Waals surface area contributed by atoms with E-state index < -0.39 is 21.9 Å². The topological polar surface area (TPSA) is 89.5 Å². The van der Waals surface area contributed by atoms with Crippen molar-refractivity contribution in [1.29, 1.82) is 0 Å². The standard InChI is InChI=1S/C21H23NO5S/c1-14(27-21(24)16-10-12-17(13-11-16)28(2,25)26)20(23)22-19-9-5-7-15-6-3-4-8-18(15)19/h3-4,6,8,10-14,19H,5,7,9H2,1-2H3,(H,22,23)/t14-,19-/m1/s1. The molecule has 0 saturated carbocycles. The van der Waals surface area contributed by atoms with Gasteiger partial charge in [0, 0.05) is 6.26 Å². The number of amides is 1. The second-order valence-electron chi connectivity index (χ2n) is 7.00. The second-order valence-corrected chi connectivity index (χ2v) is 9.01. The number of carbonyl (C=O) groups is 2. The zero-order valence-electron chi connectivity index (χ0n) is 15.8. The molecular formula is C21H23NO5S. The summed E-state index contributed by atoms with van der Waals surface area (Å²) in [6, 6.07) is 13.4. The Morgan fingerprint density at radius 3 is 2.46 bits per heavy atom. The van der Waals surface area contributed by atoms with Crippen molar-refractivity contribution in [2.45, 2.75) is 43.2 Å². The molecule has 0 aliphatic heterocycles. The fourth-order valence-corrected chi connectivity index (χ4v) is 3.94. The average molecular weight is 401 g/mol. The molecule has 2 aromatic carbocycles. The number of aryl methyl sites for hydroxylation is 1. The summed E-state index contributed by atoms with van der Waals surface area (Å²) < 4.78 is 28.2. The van der Waals surface area contributed by atoms with Crippen molar-refractivity contribution < 1.29 is 22.7 Å². The molecule has 0 bridgehead atoms. The molecular weight excluding hydrogens is 378 g/mol. The molecule has 0 fully saturated rings. The fraction of sp³-hybridized carbons (Fsp3) is 0.333. The van der Waals surface area contributed by atoms with Gasteiger partial charge in [0.05, 0.1) is 16.5 Å². The third-order valence-corrected chi connectivity index (χ3v) is 5.99. The van der Waals surface area contributed by atoms with E-state index in [1.54, 1.807) is 0 Å². The van der Waals surface area contributed by atoms with E-state index >= 15 is 0 Å². The maximum atomic E-state index is 12.5. The van der Waals surface area contributed by atoms with Crippen LogP contribution in [-0.4, -0.2) is 32.7 Å². The molecule has 0 saturated heterocycles. The van der Waals surface area contributed by atoms with Crippen LogP contribution in [0.5, 0.6) is 0 Å². The predicted molar refractivity (Wildman–Crippen MR) is 105 cm³/mol. The van der Waals surface area contributed by atoms with Crippen LogP contribution in [-0.2, 0) is 25.8 Å². The summed E-state index contributed by atoms with van der Waals surface area (Å²) in [5.74, 6) is -1.03. The summed E-state index contributed by atoms with van der Waals surface area (Å²) in [7, 11) is -3.34. The van der Waals surface area contributed by atoms with E-state index in [4.69, 9.17) is 4.74 Å². The third kappa shape index (κ3) is 4.59. The molecule has 28 heavy (non-hydrogen) atoms. The summed E-state index contributed by atoms with van der Waals surface area (Å²) in [5.41, 5.74) is 2.53. The SMILES string of the molecule is C[C@@H](OC(=O)c1ccc(S(C)(=O)=O)cc1)C(=O)N[C@@H]1CCCc2ccccc21. The molecule has 2 atom stereocenters. The highest BCUT2D eigenvalue weighted by Gasteiger charge is 2.25. The van der Waals surface area contributed by atoms with Gasteiger partial charge in [-0.25, -0.2) is 13.2 Å². The quantitative estimate of drug-likeness (QED) is 0.778. The van der Waals surface area contributed by atoms with Crippen LogP contribution < -0.4 is 5.32 Å². The maximum Gasteiger partial charge on any atom is 0.338 e. The van der Waals surface area contributed by atoms with Gasteiger partial charge >= 0.3 is 5.97 Å². The summed E-state index contributed by atoms with van der Waals surface area (Å²) >= 11 is 0. The molecule has 1 amide bonds. The predicted octanol–water partition coefficient (Wildman–Crippen LogP) is 2.83. The Morgan fingerprint density at radius 2 is 1.79 bits per heavy atom. The van der Waals surface area contributed by atoms with E-state index in [1.807, 2.05) is 18.2 Å². The lowest BCUT2D eigenvalue weighted by molar-refractivity contribution is -0.130. The maximum absolute atomic E-state index is 12.5. The molecule has 0 radical (unpaired) electrons. The molecule has 3 rings (SSSR count). The lowest BCUT2D eigenvalue weighted by Gasteiger charge is -2.27. The zero-order valence-corrected chi connectivity index (χ0v) is 16.7. The van der Waals surface area contributed by atoms with Crippen LogP contribution in [0, 0.1) is 0 Å². The molecule has 6 nitrogen and oxygen atoms in total. The number of fused-ring (bicyclic) bond motifs is 1. The number of esters is 1. The van der Waals surface area contributed by atoms with Crippen LogP contribution in [0.25, 0.3) is 0 Å². The van der Waals surface area contributed by atoms with Crippen molar-refractivity contribution in [3.8, 4) is 0 Å². The van der Waals surface area contributed by atoms with E-state index in [0.717, 1.165) is 31.1 Å². The van der Waals surface area contributed by atoms with Gasteiger partial charge in [0.15, 0.2) is 15.9 Å². The number of sulfone groups is 1. The first-order chi connectivity index (χ1) is 13.3. The number of hydrogen-bond donors (Lipinski definition) is 1. The van der Waals surface area contributed by atoms with Gasteiger partial charge in [0.2, 0.25) is 0 Å². The number of benzene rings is 2. The summed E-state index contributed by atoms with van der Waals surface area (Å²) in [6.07, 6.45) is 2.96. The highest BCUT2D eigenvalue weighted by molar-refractivity contribution is 7.90. The zero-order chi connectivity index (χ0) is 20.3. The first kappa shape index (κ1) is 20.1.